The van der Waals surface area contributed by atoms with Crippen molar-refractivity contribution in [2.45, 2.75) is 19.4 Å². The highest BCUT2D eigenvalue weighted by Gasteiger charge is 2.43. The minimum Gasteiger partial charge on any atom is -0.352 e. The van der Waals surface area contributed by atoms with Crippen LogP contribution in [0.1, 0.15) is 34.6 Å². The molecule has 2 aliphatic heterocycles. The van der Waals surface area contributed by atoms with Crippen molar-refractivity contribution in [2.75, 3.05) is 19.6 Å². The lowest BCUT2D eigenvalue weighted by Gasteiger charge is -2.41. The summed E-state index contributed by atoms with van der Waals surface area (Å²) in [6.45, 7) is 3.63. The van der Waals surface area contributed by atoms with Gasteiger partial charge in [-0.05, 0) is 26.0 Å². The van der Waals surface area contributed by atoms with Crippen molar-refractivity contribution in [3.63, 3.8) is 0 Å². The number of nitrogens with one attached hydrogen (secondary N) is 1. The first-order valence-electron chi connectivity index (χ1n) is 7.38. The molecule has 0 spiro atoms. The minimum atomic E-state index is -1.01. The molecule has 1 N–H and O–H groups in total. The zero-order valence-electron chi connectivity index (χ0n) is 13.0. The fourth-order valence-corrected chi connectivity index (χ4v) is 2.94. The molecule has 7 heteroatoms. The third-order valence-corrected chi connectivity index (χ3v) is 4.32. The fraction of sp³-hybridized carbons (Fsp3) is 0.375. The molecule has 3 rings (SSSR count). The summed E-state index contributed by atoms with van der Waals surface area (Å²) in [6, 6.07) is 6.48. The number of imide groups is 1. The molecule has 23 heavy (non-hydrogen) atoms. The molecule has 1 saturated heterocycles. The van der Waals surface area contributed by atoms with Crippen molar-refractivity contribution in [3.05, 3.63) is 35.4 Å². The van der Waals surface area contributed by atoms with Crippen LogP contribution >= 0.6 is 0 Å². The molecule has 1 fully saturated rings. The zero-order chi connectivity index (χ0) is 16.8. The molecular formula is C16H17N3O4. The molecule has 0 radical (unpaired) electrons. The summed E-state index contributed by atoms with van der Waals surface area (Å²) < 4.78 is 0. The Kier molecular flexibility index (Phi) is 3.43. The molecular weight excluding hydrogens is 298 g/mol. The Labute approximate surface area is 133 Å². The van der Waals surface area contributed by atoms with Crippen LogP contribution in [-0.2, 0) is 9.59 Å². The number of nitrogens with zero attached hydrogens (tertiary/aromatic N) is 2. The number of benzene rings is 1. The highest BCUT2D eigenvalue weighted by atomic mass is 16.2. The van der Waals surface area contributed by atoms with Crippen molar-refractivity contribution in [1.82, 2.24) is 15.1 Å². The SMILES string of the molecule is CC1(C)C(=O)NCCN1C(=O)CN1C(=O)c2ccccc2C1=O. The smallest absolute Gasteiger partial charge is 0.262 e. The highest BCUT2D eigenvalue weighted by molar-refractivity contribution is 6.22. The van der Waals surface area contributed by atoms with Gasteiger partial charge >= 0.3 is 0 Å². The van der Waals surface area contributed by atoms with E-state index in [1.165, 1.54) is 4.90 Å². The van der Waals surface area contributed by atoms with Gasteiger partial charge in [0.2, 0.25) is 11.8 Å². The van der Waals surface area contributed by atoms with Gasteiger partial charge in [-0.15, -0.1) is 0 Å². The topological polar surface area (TPSA) is 86.8 Å². The van der Waals surface area contributed by atoms with Gasteiger partial charge in [0, 0.05) is 13.1 Å². The van der Waals surface area contributed by atoms with Gasteiger partial charge in [-0.2, -0.15) is 0 Å². The Morgan fingerprint density at radius 3 is 2.26 bits per heavy atom. The van der Waals surface area contributed by atoms with Crippen LogP contribution in [0.4, 0.5) is 0 Å². The van der Waals surface area contributed by atoms with Gasteiger partial charge < -0.3 is 10.2 Å². The lowest BCUT2D eigenvalue weighted by atomic mass is 9.99. The third kappa shape index (κ3) is 2.28. The number of carbonyl (C=O) groups is 4. The van der Waals surface area contributed by atoms with Crippen LogP contribution in [0.2, 0.25) is 0 Å². The molecule has 0 aliphatic carbocycles. The molecule has 1 aromatic rings. The van der Waals surface area contributed by atoms with E-state index in [-0.39, 0.29) is 12.5 Å². The van der Waals surface area contributed by atoms with Gasteiger partial charge in [0.25, 0.3) is 11.8 Å². The number of hydrogen-bond donors (Lipinski definition) is 1. The van der Waals surface area contributed by atoms with Crippen molar-refractivity contribution in [2.24, 2.45) is 0 Å². The third-order valence-electron chi connectivity index (χ3n) is 4.32. The standard InChI is InChI=1S/C16H17N3O4/c1-16(2)15(23)17-7-8-19(16)12(20)9-18-13(21)10-5-3-4-6-11(10)14(18)22/h3-6H,7-9H2,1-2H3,(H,17,23). The average Bonchev–Trinajstić information content (AvgIpc) is 2.75. The quantitative estimate of drug-likeness (QED) is 0.780. The lowest BCUT2D eigenvalue weighted by molar-refractivity contribution is -0.149. The van der Waals surface area contributed by atoms with Crippen LogP contribution in [0, 0.1) is 0 Å². The van der Waals surface area contributed by atoms with E-state index in [0.29, 0.717) is 24.2 Å². The minimum absolute atomic E-state index is 0.250. The lowest BCUT2D eigenvalue weighted by Crippen LogP contribution is -2.64. The van der Waals surface area contributed by atoms with Crippen molar-refractivity contribution in [3.8, 4) is 0 Å². The van der Waals surface area contributed by atoms with E-state index in [1.54, 1.807) is 38.1 Å². The Balaban J connectivity index is 1.81. The molecule has 4 amide bonds. The second-order valence-electron chi connectivity index (χ2n) is 6.10. The number of fused-ring (bicyclic) bond motifs is 1. The Morgan fingerprint density at radius 2 is 1.70 bits per heavy atom. The van der Waals surface area contributed by atoms with Crippen molar-refractivity contribution >= 4 is 23.6 Å². The van der Waals surface area contributed by atoms with Crippen molar-refractivity contribution < 1.29 is 19.2 Å². The number of rotatable bonds is 2. The molecule has 1 aromatic carbocycles. The van der Waals surface area contributed by atoms with Gasteiger partial charge in [-0.3, -0.25) is 24.1 Å². The van der Waals surface area contributed by atoms with Gasteiger partial charge in [0.1, 0.15) is 12.1 Å². The predicted molar refractivity (Wildman–Crippen MR) is 80.6 cm³/mol. The molecule has 0 saturated carbocycles. The van der Waals surface area contributed by atoms with E-state index in [2.05, 4.69) is 5.32 Å². The van der Waals surface area contributed by atoms with E-state index in [0.717, 1.165) is 4.90 Å². The molecule has 0 atom stereocenters. The van der Waals surface area contributed by atoms with E-state index < -0.39 is 23.3 Å². The summed E-state index contributed by atoms with van der Waals surface area (Å²) in [6.07, 6.45) is 0. The Morgan fingerprint density at radius 1 is 1.13 bits per heavy atom. The summed E-state index contributed by atoms with van der Waals surface area (Å²) in [7, 11) is 0. The molecule has 7 nitrogen and oxygen atoms in total. The number of carbonyl (C=O) groups excluding carboxylic acids is 4. The summed E-state index contributed by atoms with van der Waals surface area (Å²) in [5.41, 5.74) is -0.393. The summed E-state index contributed by atoms with van der Waals surface area (Å²) >= 11 is 0. The molecule has 2 aliphatic rings. The van der Waals surface area contributed by atoms with Crippen LogP contribution in [0.15, 0.2) is 24.3 Å². The van der Waals surface area contributed by atoms with Crippen LogP contribution in [0.25, 0.3) is 0 Å². The van der Waals surface area contributed by atoms with Gasteiger partial charge in [0.05, 0.1) is 11.1 Å². The number of piperazine rings is 1. The normalized spacial score (nSPS) is 19.7. The van der Waals surface area contributed by atoms with Crippen LogP contribution in [-0.4, -0.2) is 58.6 Å². The van der Waals surface area contributed by atoms with Crippen LogP contribution in [0.3, 0.4) is 0 Å². The Hall–Kier alpha value is -2.70. The summed E-state index contributed by atoms with van der Waals surface area (Å²) in [5.74, 6) is -1.62. The molecule has 120 valence electrons. The maximum absolute atomic E-state index is 12.6. The molecule has 0 unspecified atom stereocenters. The predicted octanol–water partition coefficient (Wildman–Crippen LogP) is 0.0196. The van der Waals surface area contributed by atoms with Gasteiger partial charge in [-0.25, -0.2) is 0 Å². The Bertz CT molecular complexity index is 691. The van der Waals surface area contributed by atoms with Gasteiger partial charge in [0.15, 0.2) is 0 Å². The van der Waals surface area contributed by atoms with Crippen LogP contribution in [0.5, 0.6) is 0 Å². The monoisotopic (exact) mass is 315 g/mol. The van der Waals surface area contributed by atoms with Gasteiger partial charge in [-0.1, -0.05) is 12.1 Å². The maximum Gasteiger partial charge on any atom is 0.262 e. The second-order valence-corrected chi connectivity index (χ2v) is 6.10. The molecule has 2 heterocycles. The van der Waals surface area contributed by atoms with E-state index in [4.69, 9.17) is 0 Å². The molecule has 0 aromatic heterocycles. The fourth-order valence-electron chi connectivity index (χ4n) is 2.94. The zero-order valence-corrected chi connectivity index (χ0v) is 13.0. The number of amides is 4. The first kappa shape index (κ1) is 15.2. The average molecular weight is 315 g/mol. The summed E-state index contributed by atoms with van der Waals surface area (Å²) in [4.78, 5) is 51.4. The van der Waals surface area contributed by atoms with Crippen molar-refractivity contribution in [1.29, 1.82) is 0 Å². The highest BCUT2D eigenvalue weighted by Crippen LogP contribution is 2.24. The van der Waals surface area contributed by atoms with Crippen LogP contribution < -0.4 is 5.32 Å². The van der Waals surface area contributed by atoms with E-state index >= 15 is 0 Å². The number of hydrogen-bond acceptors (Lipinski definition) is 4. The largest absolute Gasteiger partial charge is 0.352 e. The second kappa shape index (κ2) is 5.19. The first-order chi connectivity index (χ1) is 10.8. The molecule has 0 bridgehead atoms. The van der Waals surface area contributed by atoms with E-state index in [1.807, 2.05) is 0 Å². The first-order valence-corrected chi connectivity index (χ1v) is 7.38. The summed E-state index contributed by atoms with van der Waals surface area (Å²) in [5, 5.41) is 2.70. The van der Waals surface area contributed by atoms with E-state index in [9.17, 15) is 19.2 Å². The maximum atomic E-state index is 12.6.